The van der Waals surface area contributed by atoms with Crippen molar-refractivity contribution in [1.29, 1.82) is 0 Å². The summed E-state index contributed by atoms with van der Waals surface area (Å²) in [5.74, 6) is 0. The molecular formula is C12H16N4O3. The van der Waals surface area contributed by atoms with Crippen LogP contribution in [0.3, 0.4) is 0 Å². The molecule has 7 nitrogen and oxygen atoms in total. The van der Waals surface area contributed by atoms with Crippen LogP contribution in [0, 0.1) is 10.1 Å². The molecule has 0 aliphatic carbocycles. The molecule has 1 unspecified atom stereocenters. The number of rotatable bonds is 5. The summed E-state index contributed by atoms with van der Waals surface area (Å²) in [5, 5.41) is 13.8. The lowest BCUT2D eigenvalue weighted by molar-refractivity contribution is -0.384. The molecule has 1 aromatic carbocycles. The zero-order valence-electron chi connectivity index (χ0n) is 11.1. The van der Waals surface area contributed by atoms with Crippen molar-refractivity contribution in [2.24, 2.45) is 0 Å². The second-order valence-electron chi connectivity index (χ2n) is 4.74. The fourth-order valence-corrected chi connectivity index (χ4v) is 1.89. The number of benzene rings is 1. The fourth-order valence-electron chi connectivity index (χ4n) is 1.89. The molecule has 0 amide bonds. The SMILES string of the molecule is CC(CN(C)C)Nc1nc2ccc([N+](=O)[O-])cc2o1. The summed E-state index contributed by atoms with van der Waals surface area (Å²) < 4.78 is 5.47. The van der Waals surface area contributed by atoms with Gasteiger partial charge < -0.3 is 14.6 Å². The molecule has 2 aromatic rings. The van der Waals surface area contributed by atoms with Crippen molar-refractivity contribution in [2.45, 2.75) is 13.0 Å². The normalized spacial score (nSPS) is 12.8. The Morgan fingerprint density at radius 1 is 1.53 bits per heavy atom. The second kappa shape index (κ2) is 5.23. The molecule has 7 heteroatoms. The maximum absolute atomic E-state index is 10.7. The molecule has 0 spiro atoms. The first-order chi connectivity index (χ1) is 8.95. The summed E-state index contributed by atoms with van der Waals surface area (Å²) in [4.78, 5) is 16.5. The molecule has 0 saturated heterocycles. The van der Waals surface area contributed by atoms with E-state index in [1.807, 2.05) is 25.9 Å². The highest BCUT2D eigenvalue weighted by atomic mass is 16.6. The number of nitro benzene ring substituents is 1. The van der Waals surface area contributed by atoms with E-state index < -0.39 is 4.92 Å². The van der Waals surface area contributed by atoms with Gasteiger partial charge >= 0.3 is 0 Å². The smallest absolute Gasteiger partial charge is 0.295 e. The van der Waals surface area contributed by atoms with Crippen molar-refractivity contribution in [3.05, 3.63) is 28.3 Å². The Morgan fingerprint density at radius 3 is 2.89 bits per heavy atom. The topological polar surface area (TPSA) is 84.4 Å². The Bertz CT molecular complexity index is 594. The Morgan fingerprint density at radius 2 is 2.26 bits per heavy atom. The molecule has 0 bridgehead atoms. The summed E-state index contributed by atoms with van der Waals surface area (Å²) in [6.45, 7) is 2.84. The van der Waals surface area contributed by atoms with Crippen molar-refractivity contribution < 1.29 is 9.34 Å². The first-order valence-electron chi connectivity index (χ1n) is 5.92. The highest BCUT2D eigenvalue weighted by molar-refractivity contribution is 5.77. The maximum Gasteiger partial charge on any atom is 0.295 e. The van der Waals surface area contributed by atoms with Crippen molar-refractivity contribution in [2.75, 3.05) is 26.0 Å². The first-order valence-corrected chi connectivity index (χ1v) is 5.92. The van der Waals surface area contributed by atoms with Crippen LogP contribution in [-0.2, 0) is 0 Å². The number of nitro groups is 1. The van der Waals surface area contributed by atoms with Crippen LogP contribution in [0.2, 0.25) is 0 Å². The Kier molecular flexibility index (Phi) is 3.66. The molecular weight excluding hydrogens is 248 g/mol. The number of hydrogen-bond acceptors (Lipinski definition) is 6. The zero-order chi connectivity index (χ0) is 14.0. The molecule has 1 atom stereocenters. The number of likely N-dealkylation sites (N-methyl/N-ethyl adjacent to an activating group) is 1. The third-order valence-corrected chi connectivity index (χ3v) is 2.59. The van der Waals surface area contributed by atoms with Crippen LogP contribution in [0.4, 0.5) is 11.7 Å². The van der Waals surface area contributed by atoms with Crippen LogP contribution < -0.4 is 5.32 Å². The lowest BCUT2D eigenvalue weighted by Crippen LogP contribution is -2.29. The van der Waals surface area contributed by atoms with E-state index in [1.165, 1.54) is 12.1 Å². The Labute approximate surface area is 110 Å². The number of hydrogen-bond donors (Lipinski definition) is 1. The van der Waals surface area contributed by atoms with Gasteiger partial charge in [0.15, 0.2) is 5.58 Å². The summed E-state index contributed by atoms with van der Waals surface area (Å²) in [7, 11) is 3.96. The van der Waals surface area contributed by atoms with Crippen LogP contribution in [0.1, 0.15) is 6.92 Å². The molecule has 1 aromatic heterocycles. The van der Waals surface area contributed by atoms with E-state index >= 15 is 0 Å². The maximum atomic E-state index is 10.7. The van der Waals surface area contributed by atoms with Gasteiger partial charge in [0.1, 0.15) is 5.52 Å². The summed E-state index contributed by atoms with van der Waals surface area (Å²) in [5.41, 5.74) is 1.01. The van der Waals surface area contributed by atoms with Gasteiger partial charge in [0.25, 0.3) is 11.7 Å². The fraction of sp³-hybridized carbons (Fsp3) is 0.417. The molecule has 1 N–H and O–H groups in total. The lowest BCUT2D eigenvalue weighted by atomic mass is 10.3. The van der Waals surface area contributed by atoms with Crippen LogP contribution >= 0.6 is 0 Å². The number of fused-ring (bicyclic) bond motifs is 1. The van der Waals surface area contributed by atoms with Crippen LogP contribution in [0.15, 0.2) is 22.6 Å². The first kappa shape index (κ1) is 13.3. The minimum absolute atomic E-state index is 0.00320. The number of anilines is 1. The van der Waals surface area contributed by atoms with E-state index in [-0.39, 0.29) is 11.7 Å². The van der Waals surface area contributed by atoms with Gasteiger partial charge in [-0.05, 0) is 27.1 Å². The summed E-state index contributed by atoms with van der Waals surface area (Å²) >= 11 is 0. The van der Waals surface area contributed by atoms with Crippen LogP contribution in [-0.4, -0.2) is 41.5 Å². The van der Waals surface area contributed by atoms with Gasteiger partial charge in [-0.25, -0.2) is 0 Å². The van der Waals surface area contributed by atoms with Crippen molar-refractivity contribution in [3.63, 3.8) is 0 Å². The molecule has 2 rings (SSSR count). The number of nitrogens with zero attached hydrogens (tertiary/aromatic N) is 3. The third kappa shape index (κ3) is 3.19. The van der Waals surface area contributed by atoms with Crippen LogP contribution in [0.5, 0.6) is 0 Å². The number of aromatic nitrogens is 1. The van der Waals surface area contributed by atoms with E-state index in [4.69, 9.17) is 4.42 Å². The minimum atomic E-state index is -0.455. The monoisotopic (exact) mass is 264 g/mol. The Hall–Kier alpha value is -2.15. The van der Waals surface area contributed by atoms with Gasteiger partial charge in [-0.1, -0.05) is 0 Å². The highest BCUT2D eigenvalue weighted by Gasteiger charge is 2.13. The minimum Gasteiger partial charge on any atom is -0.423 e. The summed E-state index contributed by atoms with van der Waals surface area (Å²) in [6, 6.07) is 4.92. The Balaban J connectivity index is 2.19. The predicted octanol–water partition coefficient (Wildman–Crippen LogP) is 2.10. The molecule has 19 heavy (non-hydrogen) atoms. The van der Waals surface area contributed by atoms with Gasteiger partial charge in [-0.15, -0.1) is 0 Å². The van der Waals surface area contributed by atoms with E-state index in [9.17, 15) is 10.1 Å². The van der Waals surface area contributed by atoms with Gasteiger partial charge in [0.2, 0.25) is 0 Å². The third-order valence-electron chi connectivity index (χ3n) is 2.59. The second-order valence-corrected chi connectivity index (χ2v) is 4.74. The van der Waals surface area contributed by atoms with E-state index in [2.05, 4.69) is 10.3 Å². The van der Waals surface area contributed by atoms with Crippen molar-refractivity contribution in [1.82, 2.24) is 9.88 Å². The van der Waals surface area contributed by atoms with E-state index in [0.717, 1.165) is 6.54 Å². The number of nitrogens with one attached hydrogen (secondary N) is 1. The highest BCUT2D eigenvalue weighted by Crippen LogP contribution is 2.23. The van der Waals surface area contributed by atoms with Crippen LogP contribution in [0.25, 0.3) is 11.1 Å². The van der Waals surface area contributed by atoms with Crippen molar-refractivity contribution in [3.8, 4) is 0 Å². The molecule has 1 heterocycles. The van der Waals surface area contributed by atoms with Gasteiger partial charge in [-0.3, -0.25) is 10.1 Å². The van der Waals surface area contributed by atoms with Crippen molar-refractivity contribution >= 4 is 22.8 Å². The summed E-state index contributed by atoms with van der Waals surface area (Å²) in [6.07, 6.45) is 0. The predicted molar refractivity (Wildman–Crippen MR) is 72.3 cm³/mol. The molecule has 0 aliphatic heterocycles. The molecule has 0 fully saturated rings. The van der Waals surface area contributed by atoms with Gasteiger partial charge in [0, 0.05) is 18.7 Å². The quantitative estimate of drug-likeness (QED) is 0.657. The van der Waals surface area contributed by atoms with E-state index in [1.54, 1.807) is 6.07 Å². The molecule has 0 saturated carbocycles. The van der Waals surface area contributed by atoms with E-state index in [0.29, 0.717) is 17.1 Å². The molecule has 102 valence electrons. The lowest BCUT2D eigenvalue weighted by Gasteiger charge is -2.16. The standard InChI is InChI=1S/C12H16N4O3/c1-8(7-15(2)3)13-12-14-10-5-4-9(16(17)18)6-11(10)19-12/h4-6,8H,7H2,1-3H3,(H,13,14). The average Bonchev–Trinajstić information content (AvgIpc) is 2.68. The number of non-ortho nitro benzene ring substituents is 1. The number of oxazole rings is 1. The molecule has 0 aliphatic rings. The zero-order valence-corrected chi connectivity index (χ0v) is 11.1. The molecule has 0 radical (unpaired) electrons. The largest absolute Gasteiger partial charge is 0.423 e. The van der Waals surface area contributed by atoms with Gasteiger partial charge in [-0.2, -0.15) is 4.98 Å². The average molecular weight is 264 g/mol. The van der Waals surface area contributed by atoms with Gasteiger partial charge in [0.05, 0.1) is 11.0 Å².